The molecule has 2 aromatic heterocycles. The van der Waals surface area contributed by atoms with Gasteiger partial charge in [-0.2, -0.15) is 0 Å². The highest BCUT2D eigenvalue weighted by molar-refractivity contribution is 6.11. The summed E-state index contributed by atoms with van der Waals surface area (Å²) >= 11 is 0. The number of Topliss-reactive ketones (excluding diaryl/α,β-unsaturated/α-hetero) is 1. The summed E-state index contributed by atoms with van der Waals surface area (Å²) in [5.41, 5.74) is 3.40. The summed E-state index contributed by atoms with van der Waals surface area (Å²) in [4.78, 5) is 27.0. The maximum Gasteiger partial charge on any atom is 0.139 e. The minimum Gasteiger partial charge on any atom is -0.506 e. The zero-order valence-electron chi connectivity index (χ0n) is 25.0. The molecule has 5 aliphatic heterocycles. The number of benzene rings is 1. The third-order valence-electron chi connectivity index (χ3n) is 12.0. The zero-order chi connectivity index (χ0) is 28.8. The maximum absolute atomic E-state index is 12.8. The highest BCUT2D eigenvalue weighted by Crippen LogP contribution is 2.70. The molecular weight excluding hydrogens is 536 g/mol. The molecule has 9 rings (SSSR count). The number of H-pyrrole nitrogens is 1. The molecule has 43 heavy (non-hydrogen) atoms. The van der Waals surface area contributed by atoms with E-state index in [2.05, 4.69) is 45.1 Å². The van der Waals surface area contributed by atoms with Crippen LogP contribution in [0.15, 0.2) is 48.7 Å². The number of phenolic OH excluding ortho intramolecular Hbond substituents is 1. The third-order valence-corrected chi connectivity index (χ3v) is 12.0. The van der Waals surface area contributed by atoms with Gasteiger partial charge in [-0.1, -0.05) is 24.3 Å². The molecule has 1 unspecified atom stereocenters. The summed E-state index contributed by atoms with van der Waals surface area (Å²) in [5.74, 6) is 1.04. The lowest BCUT2D eigenvalue weighted by Gasteiger charge is -2.59. The molecule has 4 fully saturated rings. The molecule has 1 spiro atoms. The van der Waals surface area contributed by atoms with E-state index in [-0.39, 0.29) is 16.9 Å². The van der Waals surface area contributed by atoms with E-state index in [0.717, 1.165) is 98.6 Å². The van der Waals surface area contributed by atoms with E-state index in [1.54, 1.807) is 6.07 Å². The van der Waals surface area contributed by atoms with Gasteiger partial charge in [-0.05, 0) is 101 Å². The number of ether oxygens (including phenoxy) is 1. The van der Waals surface area contributed by atoms with Crippen LogP contribution < -0.4 is 0 Å². The van der Waals surface area contributed by atoms with Crippen LogP contribution in [0.25, 0.3) is 27.4 Å². The van der Waals surface area contributed by atoms with E-state index in [4.69, 9.17) is 9.72 Å². The highest BCUT2D eigenvalue weighted by Gasteiger charge is 2.77. The number of fused-ring (bicyclic) bond motifs is 4. The number of ketones is 1. The Morgan fingerprint density at radius 3 is 2.84 bits per heavy atom. The molecule has 6 atom stereocenters. The standard InChI is InChI=1S/C36H42N4O3/c41-24-9-8-19-40-33-34-22-36(40,16-12-24)43-35(33)15-5-3-1-2-4-6-18-39(23-34)20-14-28(34)27(21-35)31-32-26(13-17-37-31)25-10-7-11-29(42)30(25)38-32/h1,3,7,10-11,13,17,21,28,33,38,42H,2,4-6,8-9,12,14-16,18-20,22-23H2/t28-,33+,34-,35-,36+/m1/s1. The van der Waals surface area contributed by atoms with Crippen molar-refractivity contribution in [2.75, 3.05) is 26.2 Å². The van der Waals surface area contributed by atoms with Crippen LogP contribution in [-0.2, 0) is 9.53 Å². The van der Waals surface area contributed by atoms with Crippen molar-refractivity contribution in [3.8, 4) is 5.75 Å². The summed E-state index contributed by atoms with van der Waals surface area (Å²) < 4.78 is 7.51. The van der Waals surface area contributed by atoms with Gasteiger partial charge < -0.3 is 19.7 Å². The molecule has 0 saturated carbocycles. The molecule has 6 aliphatic rings. The van der Waals surface area contributed by atoms with Gasteiger partial charge in [0.1, 0.15) is 22.9 Å². The van der Waals surface area contributed by atoms with Gasteiger partial charge in [0.05, 0.1) is 22.8 Å². The molecule has 1 aromatic carbocycles. The average Bonchev–Trinajstić information content (AvgIpc) is 3.59. The van der Waals surface area contributed by atoms with Crippen molar-refractivity contribution < 1.29 is 14.6 Å². The molecule has 5 bridgehead atoms. The molecule has 224 valence electrons. The van der Waals surface area contributed by atoms with Crippen LogP contribution in [-0.4, -0.2) is 74.2 Å². The molecule has 1 aliphatic carbocycles. The van der Waals surface area contributed by atoms with Gasteiger partial charge in [0.25, 0.3) is 0 Å². The first-order chi connectivity index (χ1) is 21.0. The SMILES string of the molecule is O=C1CCCN2[C@H]3[C@]45CN6CCCCC=CCC[C@]3(C=C(c3nccc7c3[nH]c3c(O)cccc37)[C@H]4CC6)O[C@@]2(CC1)C5. The second kappa shape index (κ2) is 9.50. The second-order valence-corrected chi connectivity index (χ2v) is 14.3. The number of nitrogens with one attached hydrogen (secondary N) is 1. The quantitative estimate of drug-likeness (QED) is 0.329. The van der Waals surface area contributed by atoms with Gasteiger partial charge in [0.15, 0.2) is 0 Å². The minimum absolute atomic E-state index is 0.0454. The number of rotatable bonds is 1. The van der Waals surface area contributed by atoms with E-state index < -0.39 is 5.60 Å². The van der Waals surface area contributed by atoms with Crippen LogP contribution in [0.4, 0.5) is 0 Å². The molecule has 0 radical (unpaired) electrons. The minimum atomic E-state index is -0.420. The van der Waals surface area contributed by atoms with Gasteiger partial charge in [-0.3, -0.25) is 14.7 Å². The van der Waals surface area contributed by atoms with Gasteiger partial charge in [0.2, 0.25) is 0 Å². The first kappa shape index (κ1) is 26.4. The van der Waals surface area contributed by atoms with Crippen LogP contribution >= 0.6 is 0 Å². The maximum atomic E-state index is 12.8. The fourth-order valence-electron chi connectivity index (χ4n) is 10.5. The van der Waals surface area contributed by atoms with Gasteiger partial charge in [0, 0.05) is 48.3 Å². The molecule has 7 nitrogen and oxygen atoms in total. The number of phenols is 1. The number of nitrogens with zero attached hydrogens (tertiary/aromatic N) is 3. The number of pyridine rings is 1. The van der Waals surface area contributed by atoms with Gasteiger partial charge in [-0.15, -0.1) is 0 Å². The smallest absolute Gasteiger partial charge is 0.139 e. The number of para-hydroxylation sites is 1. The Hall–Kier alpha value is -3.00. The number of carbonyl (C=O) groups excluding carboxylic acids is 1. The fraction of sp³-hybridized carbons (Fsp3) is 0.556. The second-order valence-electron chi connectivity index (χ2n) is 14.3. The van der Waals surface area contributed by atoms with Crippen LogP contribution in [0.3, 0.4) is 0 Å². The Balaban J connectivity index is 1.28. The molecular formula is C36H42N4O3. The summed E-state index contributed by atoms with van der Waals surface area (Å²) in [5, 5.41) is 12.9. The Kier molecular flexibility index (Phi) is 5.83. The largest absolute Gasteiger partial charge is 0.506 e. The molecule has 3 aromatic rings. The Morgan fingerprint density at radius 1 is 0.977 bits per heavy atom. The van der Waals surface area contributed by atoms with Gasteiger partial charge in [-0.25, -0.2) is 0 Å². The van der Waals surface area contributed by atoms with E-state index in [1.807, 2.05) is 12.3 Å². The van der Waals surface area contributed by atoms with Crippen LogP contribution in [0.5, 0.6) is 5.75 Å². The first-order valence-electron chi connectivity index (χ1n) is 16.7. The van der Waals surface area contributed by atoms with Crippen molar-refractivity contribution in [2.45, 2.75) is 88.0 Å². The number of hydrogen-bond acceptors (Lipinski definition) is 6. The molecule has 2 N–H and O–H groups in total. The third kappa shape index (κ3) is 3.71. The number of hydrogen-bond donors (Lipinski definition) is 2. The number of carbonyl (C=O) groups is 1. The van der Waals surface area contributed by atoms with Crippen LogP contribution in [0.1, 0.15) is 76.3 Å². The van der Waals surface area contributed by atoms with E-state index in [1.165, 1.54) is 18.4 Å². The van der Waals surface area contributed by atoms with Crippen molar-refractivity contribution in [3.63, 3.8) is 0 Å². The number of aromatic nitrogens is 2. The monoisotopic (exact) mass is 578 g/mol. The van der Waals surface area contributed by atoms with E-state index in [9.17, 15) is 9.90 Å². The predicted octanol–water partition coefficient (Wildman–Crippen LogP) is 6.33. The molecule has 7 heterocycles. The number of aromatic amines is 1. The zero-order valence-corrected chi connectivity index (χ0v) is 25.0. The van der Waals surface area contributed by atoms with Gasteiger partial charge >= 0.3 is 0 Å². The first-order valence-corrected chi connectivity index (χ1v) is 16.7. The number of piperidine rings is 1. The number of aromatic hydroxyl groups is 1. The fourth-order valence-corrected chi connectivity index (χ4v) is 10.5. The Bertz CT molecular complexity index is 1690. The van der Waals surface area contributed by atoms with E-state index in [0.29, 0.717) is 30.6 Å². The Morgan fingerprint density at radius 2 is 1.88 bits per heavy atom. The lowest BCUT2D eigenvalue weighted by molar-refractivity contribution is -0.180. The summed E-state index contributed by atoms with van der Waals surface area (Å²) in [6, 6.07) is 8.14. The van der Waals surface area contributed by atoms with Crippen molar-refractivity contribution in [1.82, 2.24) is 19.8 Å². The average molecular weight is 579 g/mol. The van der Waals surface area contributed by atoms with Crippen LogP contribution in [0.2, 0.25) is 0 Å². The van der Waals surface area contributed by atoms with Crippen LogP contribution in [0, 0.1) is 11.3 Å². The van der Waals surface area contributed by atoms with Crippen molar-refractivity contribution in [1.29, 1.82) is 0 Å². The van der Waals surface area contributed by atoms with Crippen molar-refractivity contribution in [2.24, 2.45) is 11.3 Å². The predicted molar refractivity (Wildman–Crippen MR) is 168 cm³/mol. The normalized spacial score (nSPS) is 37.8. The Labute approximate surface area is 253 Å². The summed E-state index contributed by atoms with van der Waals surface area (Å²) in [7, 11) is 0. The number of allylic oxidation sites excluding steroid dienone is 3. The summed E-state index contributed by atoms with van der Waals surface area (Å²) in [6.45, 7) is 4.30. The lowest BCUT2D eigenvalue weighted by atomic mass is 9.53. The van der Waals surface area contributed by atoms with Crippen molar-refractivity contribution in [3.05, 3.63) is 54.4 Å². The topological polar surface area (TPSA) is 81.7 Å². The lowest BCUT2D eigenvalue weighted by Crippen LogP contribution is -2.65. The molecule has 0 amide bonds. The van der Waals surface area contributed by atoms with Crippen molar-refractivity contribution >= 4 is 33.2 Å². The molecule has 7 heteroatoms. The molecule has 4 saturated heterocycles. The summed E-state index contributed by atoms with van der Waals surface area (Å²) in [6.07, 6.45) is 20.0. The van der Waals surface area contributed by atoms with E-state index >= 15 is 0 Å². The highest BCUT2D eigenvalue weighted by atomic mass is 16.6.